The van der Waals surface area contributed by atoms with Crippen LogP contribution in [0.4, 0.5) is 0 Å². The minimum atomic E-state index is 0.0590. The van der Waals surface area contributed by atoms with E-state index in [0.717, 1.165) is 11.4 Å². The Bertz CT molecular complexity index is 236. The highest BCUT2D eigenvalue weighted by molar-refractivity contribution is 5.11. The predicted molar refractivity (Wildman–Crippen MR) is 42.5 cm³/mol. The number of nitrogens with two attached hydrogens (primary N) is 1. The van der Waals surface area contributed by atoms with Crippen molar-refractivity contribution >= 4 is 0 Å². The third-order valence-corrected chi connectivity index (χ3v) is 1.58. The van der Waals surface area contributed by atoms with Gasteiger partial charge in [0.25, 0.3) is 0 Å². The molecule has 0 fully saturated rings. The fourth-order valence-corrected chi connectivity index (χ4v) is 0.922. The topological polar surface area (TPSA) is 63.8 Å². The highest BCUT2D eigenvalue weighted by atomic mass is 15.2. The molecule has 1 rings (SSSR count). The van der Waals surface area contributed by atoms with Gasteiger partial charge in [-0.25, -0.2) is 0 Å². The van der Waals surface area contributed by atoms with Crippen LogP contribution in [-0.2, 0) is 0 Å². The summed E-state index contributed by atoms with van der Waals surface area (Å²) in [6, 6.07) is 0.0590. The standard InChI is InChI=1S/C7H12N4/c1-5-7(6(2)11-8)10-4-3-9-5/h3-4,6,11H,8H2,1-2H3. The van der Waals surface area contributed by atoms with Crippen molar-refractivity contribution in [2.75, 3.05) is 0 Å². The summed E-state index contributed by atoms with van der Waals surface area (Å²) in [5, 5.41) is 0. The molecule has 0 amide bonds. The van der Waals surface area contributed by atoms with Crippen LogP contribution in [0.5, 0.6) is 0 Å². The summed E-state index contributed by atoms with van der Waals surface area (Å²) in [6.07, 6.45) is 3.33. The highest BCUT2D eigenvalue weighted by Crippen LogP contribution is 2.09. The van der Waals surface area contributed by atoms with Gasteiger partial charge >= 0.3 is 0 Å². The number of hydrazine groups is 1. The molecule has 0 aliphatic heterocycles. The third-order valence-electron chi connectivity index (χ3n) is 1.58. The van der Waals surface area contributed by atoms with Crippen molar-refractivity contribution in [3.05, 3.63) is 23.8 Å². The average molecular weight is 152 g/mol. The monoisotopic (exact) mass is 152 g/mol. The van der Waals surface area contributed by atoms with Crippen LogP contribution in [0.1, 0.15) is 24.4 Å². The first-order valence-corrected chi connectivity index (χ1v) is 3.49. The number of nitrogens with zero attached hydrogens (tertiary/aromatic N) is 2. The second kappa shape index (κ2) is 3.41. The van der Waals surface area contributed by atoms with Gasteiger partial charge in [0.2, 0.25) is 0 Å². The molecule has 0 aliphatic rings. The minimum absolute atomic E-state index is 0.0590. The fraction of sp³-hybridized carbons (Fsp3) is 0.429. The zero-order valence-corrected chi connectivity index (χ0v) is 6.70. The van der Waals surface area contributed by atoms with Gasteiger partial charge in [-0.1, -0.05) is 0 Å². The second-order valence-electron chi connectivity index (χ2n) is 2.42. The Hall–Kier alpha value is -1.00. The van der Waals surface area contributed by atoms with Gasteiger partial charge in [-0.2, -0.15) is 0 Å². The minimum Gasteiger partial charge on any atom is -0.271 e. The molecule has 60 valence electrons. The Morgan fingerprint density at radius 1 is 1.45 bits per heavy atom. The lowest BCUT2D eigenvalue weighted by Gasteiger charge is -2.09. The Morgan fingerprint density at radius 2 is 2.09 bits per heavy atom. The van der Waals surface area contributed by atoms with E-state index in [4.69, 9.17) is 5.84 Å². The van der Waals surface area contributed by atoms with Crippen molar-refractivity contribution in [2.24, 2.45) is 5.84 Å². The summed E-state index contributed by atoms with van der Waals surface area (Å²) in [7, 11) is 0. The van der Waals surface area contributed by atoms with Crippen molar-refractivity contribution in [2.45, 2.75) is 19.9 Å². The summed E-state index contributed by atoms with van der Waals surface area (Å²) in [4.78, 5) is 8.23. The summed E-state index contributed by atoms with van der Waals surface area (Å²) in [5.74, 6) is 5.26. The largest absolute Gasteiger partial charge is 0.271 e. The van der Waals surface area contributed by atoms with E-state index in [0.29, 0.717) is 0 Å². The van der Waals surface area contributed by atoms with Crippen molar-refractivity contribution in [1.29, 1.82) is 0 Å². The zero-order chi connectivity index (χ0) is 8.27. The summed E-state index contributed by atoms with van der Waals surface area (Å²) in [5.41, 5.74) is 4.43. The van der Waals surface area contributed by atoms with E-state index in [-0.39, 0.29) is 6.04 Å². The number of hydrogen-bond donors (Lipinski definition) is 2. The first kappa shape index (κ1) is 8.10. The molecule has 0 saturated carbocycles. The SMILES string of the molecule is Cc1nccnc1C(C)NN. The zero-order valence-electron chi connectivity index (χ0n) is 6.70. The molecule has 0 bridgehead atoms. The molecule has 1 unspecified atom stereocenters. The van der Waals surface area contributed by atoms with E-state index in [9.17, 15) is 0 Å². The average Bonchev–Trinajstić information content (AvgIpc) is 2.04. The number of hydrogen-bond acceptors (Lipinski definition) is 4. The van der Waals surface area contributed by atoms with Crippen LogP contribution in [0.15, 0.2) is 12.4 Å². The molecule has 1 heterocycles. The molecular formula is C7H12N4. The molecule has 4 heteroatoms. The van der Waals surface area contributed by atoms with E-state index in [1.54, 1.807) is 12.4 Å². The lowest BCUT2D eigenvalue weighted by molar-refractivity contribution is 0.579. The maximum absolute atomic E-state index is 5.26. The maximum atomic E-state index is 5.26. The van der Waals surface area contributed by atoms with Crippen LogP contribution in [-0.4, -0.2) is 9.97 Å². The molecule has 3 N–H and O–H groups in total. The van der Waals surface area contributed by atoms with Crippen LogP contribution in [0, 0.1) is 6.92 Å². The molecule has 1 atom stereocenters. The molecular weight excluding hydrogens is 140 g/mol. The van der Waals surface area contributed by atoms with Crippen molar-refractivity contribution in [3.63, 3.8) is 0 Å². The quantitative estimate of drug-likeness (QED) is 0.473. The van der Waals surface area contributed by atoms with E-state index < -0.39 is 0 Å². The van der Waals surface area contributed by atoms with Crippen molar-refractivity contribution in [3.8, 4) is 0 Å². The van der Waals surface area contributed by atoms with Gasteiger partial charge in [-0.15, -0.1) is 0 Å². The first-order chi connectivity index (χ1) is 5.25. The summed E-state index contributed by atoms with van der Waals surface area (Å²) < 4.78 is 0. The summed E-state index contributed by atoms with van der Waals surface area (Å²) >= 11 is 0. The Balaban J connectivity index is 2.93. The fourth-order valence-electron chi connectivity index (χ4n) is 0.922. The molecule has 0 spiro atoms. The van der Waals surface area contributed by atoms with E-state index in [2.05, 4.69) is 15.4 Å². The second-order valence-corrected chi connectivity index (χ2v) is 2.42. The molecule has 0 radical (unpaired) electrons. The van der Waals surface area contributed by atoms with E-state index >= 15 is 0 Å². The third kappa shape index (κ3) is 1.72. The Labute approximate surface area is 65.8 Å². The van der Waals surface area contributed by atoms with Gasteiger partial charge in [-0.05, 0) is 13.8 Å². The van der Waals surface area contributed by atoms with Gasteiger partial charge in [0.15, 0.2) is 0 Å². The van der Waals surface area contributed by atoms with Gasteiger partial charge in [0.1, 0.15) is 0 Å². The molecule has 11 heavy (non-hydrogen) atoms. The molecule has 1 aromatic rings. The molecule has 1 aromatic heterocycles. The Kier molecular flexibility index (Phi) is 2.51. The highest BCUT2D eigenvalue weighted by Gasteiger charge is 2.06. The number of aromatic nitrogens is 2. The maximum Gasteiger partial charge on any atom is 0.0795 e. The molecule has 0 aliphatic carbocycles. The van der Waals surface area contributed by atoms with Crippen LogP contribution >= 0.6 is 0 Å². The molecule has 0 saturated heterocycles. The van der Waals surface area contributed by atoms with Crippen LogP contribution < -0.4 is 11.3 Å². The lowest BCUT2D eigenvalue weighted by atomic mass is 10.2. The lowest BCUT2D eigenvalue weighted by Crippen LogP contribution is -2.27. The normalized spacial score (nSPS) is 13.0. The number of nitrogens with one attached hydrogen (secondary N) is 1. The first-order valence-electron chi connectivity index (χ1n) is 3.49. The van der Waals surface area contributed by atoms with Gasteiger partial charge in [-0.3, -0.25) is 21.2 Å². The van der Waals surface area contributed by atoms with Crippen LogP contribution in [0.2, 0.25) is 0 Å². The van der Waals surface area contributed by atoms with E-state index in [1.807, 2.05) is 13.8 Å². The predicted octanol–water partition coefficient (Wildman–Crippen LogP) is 0.309. The number of rotatable bonds is 2. The van der Waals surface area contributed by atoms with Crippen LogP contribution in [0.3, 0.4) is 0 Å². The van der Waals surface area contributed by atoms with Crippen LogP contribution in [0.25, 0.3) is 0 Å². The van der Waals surface area contributed by atoms with Gasteiger partial charge in [0.05, 0.1) is 17.4 Å². The Morgan fingerprint density at radius 3 is 2.64 bits per heavy atom. The van der Waals surface area contributed by atoms with Gasteiger partial charge in [0, 0.05) is 12.4 Å². The summed E-state index contributed by atoms with van der Waals surface area (Å²) in [6.45, 7) is 3.85. The van der Waals surface area contributed by atoms with Gasteiger partial charge < -0.3 is 0 Å². The van der Waals surface area contributed by atoms with Crippen molar-refractivity contribution < 1.29 is 0 Å². The van der Waals surface area contributed by atoms with Crippen molar-refractivity contribution in [1.82, 2.24) is 15.4 Å². The molecule has 4 nitrogen and oxygen atoms in total. The van der Waals surface area contributed by atoms with E-state index in [1.165, 1.54) is 0 Å². The molecule has 0 aromatic carbocycles. The number of aryl methyl sites for hydroxylation is 1. The smallest absolute Gasteiger partial charge is 0.0795 e.